The molecule has 0 aromatic heterocycles. The van der Waals surface area contributed by atoms with Crippen LogP contribution in [0.25, 0.3) is 10.8 Å². The van der Waals surface area contributed by atoms with Crippen LogP contribution in [-0.4, -0.2) is 61.5 Å². The largest absolute Gasteiger partial charge is 0.466 e. The Morgan fingerprint density at radius 2 is 1.66 bits per heavy atom. The van der Waals surface area contributed by atoms with Crippen molar-refractivity contribution in [1.82, 2.24) is 9.62 Å². The lowest BCUT2D eigenvalue weighted by atomic mass is 10.1. The van der Waals surface area contributed by atoms with Crippen molar-refractivity contribution in [3.63, 3.8) is 0 Å². The molecule has 38 heavy (non-hydrogen) atoms. The van der Waals surface area contributed by atoms with Crippen molar-refractivity contribution in [3.8, 4) is 0 Å². The summed E-state index contributed by atoms with van der Waals surface area (Å²) in [6, 6.07) is 10.0. The predicted molar refractivity (Wildman–Crippen MR) is 144 cm³/mol. The first kappa shape index (κ1) is 29.6. The van der Waals surface area contributed by atoms with Crippen molar-refractivity contribution in [2.75, 3.05) is 6.61 Å². The second kappa shape index (κ2) is 12.3. The number of sulfonamides is 1. The van der Waals surface area contributed by atoms with Gasteiger partial charge in [-0.25, -0.2) is 8.42 Å². The number of carbonyl (C=O) groups is 3. The number of fused-ring (bicyclic) bond motifs is 1. The normalized spacial score (nSPS) is 15.5. The zero-order valence-corrected chi connectivity index (χ0v) is 23.5. The molecule has 208 valence electrons. The van der Waals surface area contributed by atoms with Crippen LogP contribution >= 0.6 is 0 Å². The minimum Gasteiger partial charge on any atom is -0.466 e. The molecule has 2 atom stereocenters. The zero-order valence-electron chi connectivity index (χ0n) is 22.7. The first-order valence-corrected chi connectivity index (χ1v) is 14.5. The number of nitrogens with zero attached hydrogens (tertiary/aromatic N) is 1. The lowest BCUT2D eigenvalue weighted by Gasteiger charge is -2.34. The van der Waals surface area contributed by atoms with Crippen LogP contribution in [0.3, 0.4) is 0 Å². The van der Waals surface area contributed by atoms with Crippen LogP contribution in [0.15, 0.2) is 47.4 Å². The highest BCUT2D eigenvalue weighted by atomic mass is 32.2. The molecule has 1 aliphatic carbocycles. The molecule has 1 N–H and O–H groups in total. The molecule has 2 aromatic rings. The average molecular weight is 547 g/mol. The molecule has 0 unspecified atom stereocenters. The number of nitrogens with one attached hydrogen (secondary N) is 1. The van der Waals surface area contributed by atoms with Crippen LogP contribution in [-0.2, 0) is 33.9 Å². The molecule has 1 aliphatic rings. The molecule has 9 nitrogen and oxygen atoms in total. The Morgan fingerprint density at radius 3 is 2.24 bits per heavy atom. The molecule has 0 heterocycles. The van der Waals surface area contributed by atoms with E-state index in [9.17, 15) is 22.8 Å². The van der Waals surface area contributed by atoms with Crippen LogP contribution in [0.4, 0.5) is 0 Å². The van der Waals surface area contributed by atoms with Crippen molar-refractivity contribution in [2.24, 2.45) is 0 Å². The Kier molecular flexibility index (Phi) is 9.54. The number of amides is 1. The zero-order chi connectivity index (χ0) is 28.1. The van der Waals surface area contributed by atoms with Gasteiger partial charge in [-0.1, -0.05) is 37.3 Å². The maximum absolute atomic E-state index is 13.9. The van der Waals surface area contributed by atoms with Gasteiger partial charge in [0.2, 0.25) is 15.9 Å². The van der Waals surface area contributed by atoms with Gasteiger partial charge in [-0.05, 0) is 69.9 Å². The van der Waals surface area contributed by atoms with E-state index in [-0.39, 0.29) is 24.0 Å². The fourth-order valence-electron chi connectivity index (χ4n) is 4.36. The number of hydrogen-bond acceptors (Lipinski definition) is 7. The third-order valence-electron chi connectivity index (χ3n) is 6.18. The van der Waals surface area contributed by atoms with E-state index >= 15 is 0 Å². The number of esters is 2. The maximum atomic E-state index is 13.9. The van der Waals surface area contributed by atoms with Gasteiger partial charge >= 0.3 is 11.9 Å². The highest BCUT2D eigenvalue weighted by Crippen LogP contribution is 2.32. The fourth-order valence-corrected chi connectivity index (χ4v) is 5.59. The quantitative estimate of drug-likeness (QED) is 0.401. The van der Waals surface area contributed by atoms with Gasteiger partial charge in [-0.2, -0.15) is 4.72 Å². The lowest BCUT2D eigenvalue weighted by Crippen LogP contribution is -2.54. The van der Waals surface area contributed by atoms with Gasteiger partial charge in [-0.15, -0.1) is 0 Å². The van der Waals surface area contributed by atoms with Gasteiger partial charge in [-0.3, -0.25) is 14.4 Å². The van der Waals surface area contributed by atoms with Crippen LogP contribution in [0.5, 0.6) is 0 Å². The average Bonchev–Trinajstić information content (AvgIpc) is 3.66. The third kappa shape index (κ3) is 8.01. The highest BCUT2D eigenvalue weighted by Gasteiger charge is 2.42. The van der Waals surface area contributed by atoms with Crippen LogP contribution < -0.4 is 4.72 Å². The SMILES string of the molecule is CCOC(=O)C[C@@H](CC)N(C(=O)[C@H](CC(=O)OC(C)(C)C)NS(=O)(=O)c1ccc2ccccc2c1)C1CC1. The second-order valence-corrected chi connectivity index (χ2v) is 12.2. The summed E-state index contributed by atoms with van der Waals surface area (Å²) in [5, 5.41) is 1.60. The Hall–Kier alpha value is -2.98. The number of carbonyl (C=O) groups excluding carboxylic acids is 3. The Balaban J connectivity index is 1.93. The van der Waals surface area contributed by atoms with Crippen molar-refractivity contribution in [1.29, 1.82) is 0 Å². The summed E-state index contributed by atoms with van der Waals surface area (Å²) in [6.45, 7) is 8.88. The van der Waals surface area contributed by atoms with Gasteiger partial charge in [0, 0.05) is 12.1 Å². The molecule has 2 aromatic carbocycles. The van der Waals surface area contributed by atoms with E-state index in [1.54, 1.807) is 44.7 Å². The van der Waals surface area contributed by atoms with Gasteiger partial charge < -0.3 is 14.4 Å². The molecule has 10 heteroatoms. The van der Waals surface area contributed by atoms with Crippen molar-refractivity contribution >= 4 is 38.6 Å². The summed E-state index contributed by atoms with van der Waals surface area (Å²) in [7, 11) is -4.19. The van der Waals surface area contributed by atoms with E-state index < -0.39 is 52.0 Å². The Labute approximate surface area is 224 Å². The Morgan fingerprint density at radius 1 is 1.00 bits per heavy atom. The van der Waals surface area contributed by atoms with E-state index in [1.165, 1.54) is 12.1 Å². The minimum absolute atomic E-state index is 0.0108. The molecule has 0 saturated heterocycles. The molecular weight excluding hydrogens is 508 g/mol. The molecule has 1 amide bonds. The highest BCUT2D eigenvalue weighted by molar-refractivity contribution is 7.89. The molecule has 0 radical (unpaired) electrons. The maximum Gasteiger partial charge on any atom is 0.308 e. The molecule has 3 rings (SSSR count). The number of ether oxygens (including phenoxy) is 2. The fraction of sp³-hybridized carbons (Fsp3) is 0.536. The Bertz CT molecular complexity index is 1270. The predicted octanol–water partition coefficient (Wildman–Crippen LogP) is 3.94. The van der Waals surface area contributed by atoms with Gasteiger partial charge in [0.15, 0.2) is 0 Å². The summed E-state index contributed by atoms with van der Waals surface area (Å²) < 4.78 is 39.9. The van der Waals surface area contributed by atoms with Gasteiger partial charge in [0.05, 0.1) is 24.3 Å². The summed E-state index contributed by atoms with van der Waals surface area (Å²) in [4.78, 5) is 40.5. The molecular formula is C28H38N2O7S. The van der Waals surface area contributed by atoms with Crippen LogP contribution in [0.2, 0.25) is 0 Å². The monoisotopic (exact) mass is 546 g/mol. The van der Waals surface area contributed by atoms with Crippen LogP contribution in [0, 0.1) is 0 Å². The summed E-state index contributed by atoms with van der Waals surface area (Å²) in [6.07, 6.45) is 1.45. The van der Waals surface area contributed by atoms with E-state index in [0.717, 1.165) is 23.6 Å². The topological polar surface area (TPSA) is 119 Å². The number of hydrogen-bond donors (Lipinski definition) is 1. The molecule has 1 fully saturated rings. The first-order chi connectivity index (χ1) is 17.8. The number of rotatable bonds is 12. The van der Waals surface area contributed by atoms with E-state index in [4.69, 9.17) is 9.47 Å². The second-order valence-electron chi connectivity index (χ2n) is 10.5. The summed E-state index contributed by atoms with van der Waals surface area (Å²) in [5.74, 6) is -1.69. The molecule has 1 saturated carbocycles. The van der Waals surface area contributed by atoms with Crippen LogP contribution in [0.1, 0.15) is 66.7 Å². The van der Waals surface area contributed by atoms with Crippen molar-refractivity contribution in [2.45, 2.75) is 95.3 Å². The van der Waals surface area contributed by atoms with E-state index in [2.05, 4.69) is 4.72 Å². The summed E-state index contributed by atoms with van der Waals surface area (Å²) in [5.41, 5.74) is -0.812. The standard InChI is InChI=1S/C28H38N2O7S/c1-6-21(17-25(31)36-7-2)30(22-13-14-22)27(33)24(18-26(32)37-28(3,4)5)29-38(34,35)23-15-12-19-10-8-9-11-20(19)16-23/h8-12,15-16,21-22,24,29H,6-7,13-14,17-18H2,1-5H3/t21-,24+/m1/s1. The first-order valence-electron chi connectivity index (χ1n) is 13.1. The van der Waals surface area contributed by atoms with Crippen molar-refractivity contribution < 1.29 is 32.3 Å². The van der Waals surface area contributed by atoms with E-state index in [1.807, 2.05) is 25.1 Å². The minimum atomic E-state index is -4.19. The molecule has 0 spiro atoms. The van der Waals surface area contributed by atoms with E-state index in [0.29, 0.717) is 6.42 Å². The molecule has 0 bridgehead atoms. The van der Waals surface area contributed by atoms with Crippen molar-refractivity contribution in [3.05, 3.63) is 42.5 Å². The van der Waals surface area contributed by atoms with Gasteiger partial charge in [0.25, 0.3) is 0 Å². The third-order valence-corrected chi connectivity index (χ3v) is 7.65. The number of benzene rings is 2. The summed E-state index contributed by atoms with van der Waals surface area (Å²) >= 11 is 0. The van der Waals surface area contributed by atoms with Gasteiger partial charge in [0.1, 0.15) is 11.6 Å². The lowest BCUT2D eigenvalue weighted by molar-refractivity contribution is -0.158. The molecule has 0 aliphatic heterocycles. The smallest absolute Gasteiger partial charge is 0.308 e.